The summed E-state index contributed by atoms with van der Waals surface area (Å²) in [4.78, 5) is 9.13. The molecular weight excluding hydrogens is 456 g/mol. The molecule has 33 heavy (non-hydrogen) atoms. The summed E-state index contributed by atoms with van der Waals surface area (Å²) >= 11 is 3.00. The Morgan fingerprint density at radius 3 is 1.55 bits per heavy atom. The minimum absolute atomic E-state index is 0.640. The third kappa shape index (κ3) is 6.61. The van der Waals surface area contributed by atoms with Crippen LogP contribution < -0.4 is 20.3 Å². The average Bonchev–Trinajstić information content (AvgIpc) is 3.49. The number of hydrogen-bond donors (Lipinski definition) is 2. The van der Waals surface area contributed by atoms with Crippen LogP contribution in [0.2, 0.25) is 0 Å². The second-order valence-corrected chi connectivity index (χ2v) is 8.47. The topological polar surface area (TPSA) is 93.0 Å². The van der Waals surface area contributed by atoms with Crippen LogP contribution in [0.4, 0.5) is 10.3 Å². The molecule has 2 aromatic carbocycles. The number of hydrogen-bond acceptors (Lipinski definition) is 10. The lowest BCUT2D eigenvalue weighted by Crippen LogP contribution is -1.94. The fourth-order valence-corrected chi connectivity index (χ4v) is 4.09. The number of methoxy groups -OCH3 is 2. The van der Waals surface area contributed by atoms with Crippen molar-refractivity contribution in [3.8, 4) is 11.5 Å². The largest absolute Gasteiger partial charge is 0.497 e. The predicted octanol–water partition coefficient (Wildman–Crippen LogP) is 5.10. The lowest BCUT2D eigenvalue weighted by molar-refractivity contribution is 0.414. The minimum Gasteiger partial charge on any atom is -0.497 e. The minimum atomic E-state index is 0.640. The molecule has 0 atom stereocenters. The summed E-state index contributed by atoms with van der Waals surface area (Å²) in [7, 11) is 3.29. The highest BCUT2D eigenvalue weighted by atomic mass is 32.1. The number of rotatable bonds is 10. The Bertz CT molecular complexity index is 1120. The number of hydrazone groups is 2. The molecule has 0 amide bonds. The number of anilines is 2. The molecule has 2 heterocycles. The van der Waals surface area contributed by atoms with Gasteiger partial charge >= 0.3 is 0 Å². The maximum Gasteiger partial charge on any atom is 0.203 e. The zero-order valence-corrected chi connectivity index (χ0v) is 19.7. The van der Waals surface area contributed by atoms with Crippen LogP contribution in [0.3, 0.4) is 0 Å². The third-order valence-corrected chi connectivity index (χ3v) is 6.04. The molecule has 4 aromatic rings. The van der Waals surface area contributed by atoms with Crippen LogP contribution in [0.5, 0.6) is 11.5 Å². The number of nitrogens with zero attached hydrogens (tertiary/aromatic N) is 4. The molecule has 0 unspecified atom stereocenters. The molecule has 0 fully saturated rings. The monoisotopic (exact) mass is 478 g/mol. The zero-order valence-electron chi connectivity index (χ0n) is 18.1. The lowest BCUT2D eigenvalue weighted by Gasteiger charge is -1.99. The van der Waals surface area contributed by atoms with Gasteiger partial charge in [-0.2, -0.15) is 10.2 Å². The number of benzene rings is 2. The van der Waals surface area contributed by atoms with Gasteiger partial charge in [0.2, 0.25) is 10.3 Å². The molecule has 2 aromatic heterocycles. The van der Waals surface area contributed by atoms with Crippen molar-refractivity contribution in [3.63, 3.8) is 0 Å². The zero-order chi connectivity index (χ0) is 22.9. The third-order valence-electron chi connectivity index (χ3n) is 4.44. The molecule has 4 rings (SSSR count). The van der Waals surface area contributed by atoms with E-state index in [-0.39, 0.29) is 0 Å². The standard InChI is InChI=1S/C23H22N6O2S2/c1-30-20-7-3-16(4-8-20)12-24-28-22-26-18(14-32-22)11-19-15-33-23(27-19)29-25-13-17-5-9-21(31-2)10-6-17/h3-10,12-15H,11H2,1-2H3,(H,26,28)(H,27,29). The quantitative estimate of drug-likeness (QED) is 0.243. The van der Waals surface area contributed by atoms with Crippen molar-refractivity contribution in [2.75, 3.05) is 25.1 Å². The van der Waals surface area contributed by atoms with Crippen molar-refractivity contribution < 1.29 is 9.47 Å². The van der Waals surface area contributed by atoms with Gasteiger partial charge in [-0.3, -0.25) is 10.9 Å². The fraction of sp³-hybridized carbons (Fsp3) is 0.130. The van der Waals surface area contributed by atoms with Crippen molar-refractivity contribution >= 4 is 45.4 Å². The Labute approximate surface area is 199 Å². The number of nitrogens with one attached hydrogen (secondary N) is 2. The van der Waals surface area contributed by atoms with Crippen LogP contribution in [-0.2, 0) is 6.42 Å². The Balaban J connectivity index is 1.26. The average molecular weight is 479 g/mol. The number of aromatic nitrogens is 2. The van der Waals surface area contributed by atoms with E-state index >= 15 is 0 Å². The first-order valence-electron chi connectivity index (χ1n) is 9.97. The second kappa shape index (κ2) is 11.2. The van der Waals surface area contributed by atoms with E-state index in [1.807, 2.05) is 59.3 Å². The highest BCUT2D eigenvalue weighted by Gasteiger charge is 2.06. The van der Waals surface area contributed by atoms with E-state index in [1.54, 1.807) is 26.6 Å². The number of thiazole rings is 2. The van der Waals surface area contributed by atoms with Gasteiger partial charge in [0, 0.05) is 17.2 Å². The van der Waals surface area contributed by atoms with E-state index in [2.05, 4.69) is 31.0 Å². The molecule has 2 N–H and O–H groups in total. The van der Waals surface area contributed by atoms with Crippen molar-refractivity contribution in [1.29, 1.82) is 0 Å². The molecule has 0 saturated carbocycles. The van der Waals surface area contributed by atoms with Crippen molar-refractivity contribution in [1.82, 2.24) is 9.97 Å². The van der Waals surface area contributed by atoms with Gasteiger partial charge in [-0.15, -0.1) is 22.7 Å². The molecule has 8 nitrogen and oxygen atoms in total. The van der Waals surface area contributed by atoms with Crippen molar-refractivity contribution in [3.05, 3.63) is 81.8 Å². The van der Waals surface area contributed by atoms with E-state index in [9.17, 15) is 0 Å². The molecule has 0 spiro atoms. The molecule has 0 aliphatic rings. The normalized spacial score (nSPS) is 11.2. The highest BCUT2D eigenvalue weighted by Crippen LogP contribution is 2.21. The molecular formula is C23H22N6O2S2. The molecule has 10 heteroatoms. The summed E-state index contributed by atoms with van der Waals surface area (Å²) in [6.07, 6.45) is 4.12. The van der Waals surface area contributed by atoms with Gasteiger partial charge in [-0.05, 0) is 59.7 Å². The van der Waals surface area contributed by atoms with Crippen LogP contribution in [0.1, 0.15) is 22.5 Å². The molecule has 0 aliphatic carbocycles. The van der Waals surface area contributed by atoms with Gasteiger partial charge in [-0.25, -0.2) is 9.97 Å². The molecule has 0 aliphatic heterocycles. The second-order valence-electron chi connectivity index (χ2n) is 6.75. The molecule has 0 bridgehead atoms. The summed E-state index contributed by atoms with van der Waals surface area (Å²) in [6, 6.07) is 15.3. The van der Waals surface area contributed by atoms with E-state index in [1.165, 1.54) is 22.7 Å². The first-order valence-corrected chi connectivity index (χ1v) is 11.7. The summed E-state index contributed by atoms with van der Waals surface area (Å²) in [5.41, 5.74) is 9.75. The van der Waals surface area contributed by atoms with Crippen LogP contribution in [-0.4, -0.2) is 36.6 Å². The van der Waals surface area contributed by atoms with E-state index in [0.717, 1.165) is 44.3 Å². The Kier molecular flexibility index (Phi) is 7.62. The fourth-order valence-electron chi connectivity index (χ4n) is 2.77. The van der Waals surface area contributed by atoms with Gasteiger partial charge in [-0.1, -0.05) is 0 Å². The summed E-state index contributed by atoms with van der Waals surface area (Å²) in [5, 5.41) is 13.9. The Morgan fingerprint density at radius 1 is 0.727 bits per heavy atom. The van der Waals surface area contributed by atoms with Gasteiger partial charge in [0.1, 0.15) is 11.5 Å². The summed E-state index contributed by atoms with van der Waals surface area (Å²) in [5.74, 6) is 1.63. The van der Waals surface area contributed by atoms with Crippen LogP contribution >= 0.6 is 22.7 Å². The summed E-state index contributed by atoms with van der Waals surface area (Å²) < 4.78 is 10.3. The Hall–Kier alpha value is -3.76. The predicted molar refractivity (Wildman–Crippen MR) is 135 cm³/mol. The van der Waals surface area contributed by atoms with Crippen LogP contribution in [0.25, 0.3) is 0 Å². The highest BCUT2D eigenvalue weighted by molar-refractivity contribution is 7.14. The van der Waals surface area contributed by atoms with Gasteiger partial charge in [0.15, 0.2) is 0 Å². The van der Waals surface area contributed by atoms with Crippen molar-refractivity contribution in [2.24, 2.45) is 10.2 Å². The molecule has 0 saturated heterocycles. The van der Waals surface area contributed by atoms with Gasteiger partial charge < -0.3 is 9.47 Å². The smallest absolute Gasteiger partial charge is 0.203 e. The lowest BCUT2D eigenvalue weighted by atomic mass is 10.2. The summed E-state index contributed by atoms with van der Waals surface area (Å²) in [6.45, 7) is 0. The molecule has 0 radical (unpaired) electrons. The van der Waals surface area contributed by atoms with Crippen LogP contribution in [0, 0.1) is 0 Å². The molecule has 168 valence electrons. The van der Waals surface area contributed by atoms with Gasteiger partial charge in [0.25, 0.3) is 0 Å². The first-order chi connectivity index (χ1) is 16.2. The number of ether oxygens (including phenoxy) is 2. The Morgan fingerprint density at radius 2 is 1.15 bits per heavy atom. The maximum atomic E-state index is 5.15. The van der Waals surface area contributed by atoms with E-state index < -0.39 is 0 Å². The van der Waals surface area contributed by atoms with E-state index in [0.29, 0.717) is 6.42 Å². The first kappa shape index (κ1) is 22.4. The van der Waals surface area contributed by atoms with Crippen LogP contribution in [0.15, 0.2) is 69.5 Å². The SMILES string of the molecule is COc1ccc(C=NNc2nc(Cc3csc(NN=Cc4ccc(OC)cc4)n3)cs2)cc1. The van der Waals surface area contributed by atoms with Gasteiger partial charge in [0.05, 0.1) is 38.0 Å². The maximum absolute atomic E-state index is 5.15. The van der Waals surface area contributed by atoms with E-state index in [4.69, 9.17) is 9.47 Å². The van der Waals surface area contributed by atoms with Crippen molar-refractivity contribution in [2.45, 2.75) is 6.42 Å².